The molecule has 6 nitrogen and oxygen atoms in total. The molecule has 1 unspecified atom stereocenters. The van der Waals surface area contributed by atoms with Gasteiger partial charge < -0.3 is 9.30 Å². The smallest absolute Gasteiger partial charge is 0.325 e. The van der Waals surface area contributed by atoms with Crippen molar-refractivity contribution in [3.05, 3.63) is 53.9 Å². The predicted molar refractivity (Wildman–Crippen MR) is 95.9 cm³/mol. The summed E-state index contributed by atoms with van der Waals surface area (Å²) in [5, 5.41) is 0. The molecular formula is C19H21NO5S. The second kappa shape index (κ2) is 6.72. The van der Waals surface area contributed by atoms with Gasteiger partial charge in [-0.2, -0.15) is 0 Å². The number of benzene rings is 1. The van der Waals surface area contributed by atoms with E-state index in [0.717, 1.165) is 0 Å². The molecule has 0 fully saturated rings. The van der Waals surface area contributed by atoms with Gasteiger partial charge >= 0.3 is 5.97 Å². The Morgan fingerprint density at radius 2 is 2.00 bits per heavy atom. The van der Waals surface area contributed by atoms with E-state index >= 15 is 0 Å². The zero-order chi connectivity index (χ0) is 18.9. The first-order chi connectivity index (χ1) is 12.4. The first kappa shape index (κ1) is 18.4. The number of hydrogen-bond acceptors (Lipinski definition) is 5. The minimum absolute atomic E-state index is 0.00956. The van der Waals surface area contributed by atoms with Crippen molar-refractivity contribution in [3.8, 4) is 0 Å². The summed E-state index contributed by atoms with van der Waals surface area (Å²) in [5.41, 5.74) is -0.663. The van der Waals surface area contributed by atoms with Crippen LogP contribution in [0, 0.1) is 0 Å². The minimum Gasteiger partial charge on any atom is -0.468 e. The highest BCUT2D eigenvalue weighted by Crippen LogP contribution is 2.39. The Hall–Kier alpha value is -2.41. The monoisotopic (exact) mass is 375 g/mol. The second-order valence-electron chi connectivity index (χ2n) is 6.41. The lowest BCUT2D eigenvalue weighted by molar-refractivity contribution is -0.145. The van der Waals surface area contributed by atoms with E-state index in [-0.39, 0.29) is 16.2 Å². The molecule has 3 rings (SSSR count). The average molecular weight is 375 g/mol. The molecule has 138 valence electrons. The Balaban J connectivity index is 2.10. The van der Waals surface area contributed by atoms with Crippen LogP contribution in [0.15, 0.2) is 47.5 Å². The van der Waals surface area contributed by atoms with Gasteiger partial charge in [-0.05, 0) is 37.1 Å². The molecule has 0 spiro atoms. The lowest BCUT2D eigenvalue weighted by atomic mass is 9.76. The number of sulfone groups is 1. The van der Waals surface area contributed by atoms with Gasteiger partial charge in [-0.1, -0.05) is 19.1 Å². The van der Waals surface area contributed by atoms with Gasteiger partial charge in [0.15, 0.2) is 21.0 Å². The SMILES string of the molecule is CCCS(=O)(=O)c1cccc(C(=O)C2(C(=O)OC)CCn3cccc32)c1. The lowest BCUT2D eigenvalue weighted by Gasteiger charge is -2.24. The number of aryl methyl sites for hydroxylation is 1. The number of carbonyl (C=O) groups excluding carboxylic acids is 2. The van der Waals surface area contributed by atoms with Crippen LogP contribution in [-0.4, -0.2) is 37.6 Å². The molecule has 1 aliphatic heterocycles. The highest BCUT2D eigenvalue weighted by atomic mass is 32.2. The summed E-state index contributed by atoms with van der Waals surface area (Å²) < 4.78 is 31.5. The Kier molecular flexibility index (Phi) is 4.75. The van der Waals surface area contributed by atoms with Gasteiger partial charge in [0.05, 0.1) is 17.8 Å². The van der Waals surface area contributed by atoms with Crippen LogP contribution in [0.1, 0.15) is 35.8 Å². The van der Waals surface area contributed by atoms with Crippen molar-refractivity contribution in [1.82, 2.24) is 4.57 Å². The third-order valence-electron chi connectivity index (χ3n) is 4.84. The number of esters is 1. The van der Waals surface area contributed by atoms with E-state index in [2.05, 4.69) is 0 Å². The van der Waals surface area contributed by atoms with Gasteiger partial charge in [-0.3, -0.25) is 9.59 Å². The highest BCUT2D eigenvalue weighted by molar-refractivity contribution is 7.91. The van der Waals surface area contributed by atoms with Crippen molar-refractivity contribution in [2.75, 3.05) is 12.9 Å². The molecular weight excluding hydrogens is 354 g/mol. The highest BCUT2D eigenvalue weighted by Gasteiger charge is 2.53. The maximum atomic E-state index is 13.4. The van der Waals surface area contributed by atoms with Crippen molar-refractivity contribution in [1.29, 1.82) is 0 Å². The summed E-state index contributed by atoms with van der Waals surface area (Å²) in [7, 11) is -2.20. The normalized spacial score (nSPS) is 19.2. The summed E-state index contributed by atoms with van der Waals surface area (Å²) in [5.74, 6) is -1.05. The standard InChI is InChI=1S/C19H21NO5S/c1-3-12-26(23,24)15-7-4-6-14(13-15)17(21)19(18(22)25-2)9-11-20-10-5-8-16(19)20/h4-8,10,13H,3,9,11-12H2,1-2H3. The maximum Gasteiger partial charge on any atom is 0.325 e. The zero-order valence-electron chi connectivity index (χ0n) is 14.8. The van der Waals surface area contributed by atoms with Gasteiger partial charge in [0, 0.05) is 24.0 Å². The fraction of sp³-hybridized carbons (Fsp3) is 0.368. The predicted octanol–water partition coefficient (Wildman–Crippen LogP) is 2.37. The van der Waals surface area contributed by atoms with E-state index < -0.39 is 27.0 Å². The fourth-order valence-corrected chi connectivity index (χ4v) is 4.95. The number of rotatable bonds is 6. The molecule has 0 saturated carbocycles. The Morgan fingerprint density at radius 1 is 1.23 bits per heavy atom. The number of Topliss-reactive ketones (excluding diaryl/α,β-unsaturated/α-hetero) is 1. The number of ether oxygens (including phenoxy) is 1. The molecule has 0 aliphatic carbocycles. The third kappa shape index (κ3) is 2.76. The number of ketones is 1. The topological polar surface area (TPSA) is 82.4 Å². The number of aromatic nitrogens is 1. The Labute approximate surface area is 152 Å². The number of nitrogens with zero attached hydrogens (tertiary/aromatic N) is 1. The van der Waals surface area contributed by atoms with E-state index in [1.807, 2.05) is 10.8 Å². The molecule has 0 radical (unpaired) electrons. The third-order valence-corrected chi connectivity index (χ3v) is 6.76. The van der Waals surface area contributed by atoms with Crippen molar-refractivity contribution < 1.29 is 22.7 Å². The summed E-state index contributed by atoms with van der Waals surface area (Å²) in [6.07, 6.45) is 2.59. The first-order valence-electron chi connectivity index (χ1n) is 8.48. The molecule has 2 heterocycles. The van der Waals surface area contributed by atoms with E-state index in [0.29, 0.717) is 25.1 Å². The van der Waals surface area contributed by atoms with Gasteiger partial charge in [-0.25, -0.2) is 8.42 Å². The Bertz CT molecular complexity index is 960. The van der Waals surface area contributed by atoms with E-state index in [1.54, 1.807) is 25.1 Å². The molecule has 0 bridgehead atoms. The van der Waals surface area contributed by atoms with Gasteiger partial charge in [0.1, 0.15) is 0 Å². The quantitative estimate of drug-likeness (QED) is 0.440. The molecule has 0 N–H and O–H groups in total. The molecule has 0 amide bonds. The van der Waals surface area contributed by atoms with Gasteiger partial charge in [0.25, 0.3) is 0 Å². The van der Waals surface area contributed by atoms with Crippen molar-refractivity contribution >= 4 is 21.6 Å². The van der Waals surface area contributed by atoms with Crippen LogP contribution in [0.3, 0.4) is 0 Å². The number of methoxy groups -OCH3 is 1. The molecule has 1 aromatic heterocycles. The van der Waals surface area contributed by atoms with Gasteiger partial charge in [0.2, 0.25) is 0 Å². The van der Waals surface area contributed by atoms with Crippen LogP contribution >= 0.6 is 0 Å². The molecule has 1 atom stereocenters. The van der Waals surface area contributed by atoms with Crippen LogP contribution in [-0.2, 0) is 31.3 Å². The van der Waals surface area contributed by atoms with Crippen LogP contribution in [0.5, 0.6) is 0 Å². The summed E-state index contributed by atoms with van der Waals surface area (Å²) in [6, 6.07) is 9.44. The molecule has 1 aromatic carbocycles. The minimum atomic E-state index is -3.46. The summed E-state index contributed by atoms with van der Waals surface area (Å²) >= 11 is 0. The van der Waals surface area contributed by atoms with E-state index in [4.69, 9.17) is 4.74 Å². The molecule has 7 heteroatoms. The number of hydrogen-bond donors (Lipinski definition) is 0. The molecule has 0 saturated heterocycles. The van der Waals surface area contributed by atoms with Crippen LogP contribution in [0.25, 0.3) is 0 Å². The largest absolute Gasteiger partial charge is 0.468 e. The molecule has 1 aliphatic rings. The number of fused-ring (bicyclic) bond motifs is 1. The van der Waals surface area contributed by atoms with Crippen molar-refractivity contribution in [2.45, 2.75) is 36.6 Å². The van der Waals surface area contributed by atoms with E-state index in [1.165, 1.54) is 25.3 Å². The average Bonchev–Trinajstić information content (AvgIpc) is 3.23. The summed E-state index contributed by atoms with van der Waals surface area (Å²) in [4.78, 5) is 26.1. The lowest BCUT2D eigenvalue weighted by Crippen LogP contribution is -2.43. The molecule has 2 aromatic rings. The van der Waals surface area contributed by atoms with Crippen molar-refractivity contribution in [2.24, 2.45) is 0 Å². The molecule has 26 heavy (non-hydrogen) atoms. The second-order valence-corrected chi connectivity index (χ2v) is 8.52. The van der Waals surface area contributed by atoms with Crippen LogP contribution < -0.4 is 0 Å². The number of carbonyl (C=O) groups is 2. The van der Waals surface area contributed by atoms with E-state index in [9.17, 15) is 18.0 Å². The van der Waals surface area contributed by atoms with Crippen LogP contribution in [0.2, 0.25) is 0 Å². The van der Waals surface area contributed by atoms with Crippen molar-refractivity contribution in [3.63, 3.8) is 0 Å². The van der Waals surface area contributed by atoms with Gasteiger partial charge in [-0.15, -0.1) is 0 Å². The zero-order valence-corrected chi connectivity index (χ0v) is 15.6. The summed E-state index contributed by atoms with van der Waals surface area (Å²) in [6.45, 7) is 2.31. The first-order valence-corrected chi connectivity index (χ1v) is 10.1. The van der Waals surface area contributed by atoms with Crippen LogP contribution in [0.4, 0.5) is 0 Å². The maximum absolute atomic E-state index is 13.4. The Morgan fingerprint density at radius 3 is 2.69 bits per heavy atom. The fourth-order valence-electron chi connectivity index (χ4n) is 3.58.